The highest BCUT2D eigenvalue weighted by molar-refractivity contribution is 6.00. The minimum Gasteiger partial charge on any atom is -0.472 e. The van der Waals surface area contributed by atoms with E-state index in [0.29, 0.717) is 28.7 Å². The van der Waals surface area contributed by atoms with Crippen molar-refractivity contribution in [1.82, 2.24) is 24.8 Å². The summed E-state index contributed by atoms with van der Waals surface area (Å²) in [7, 11) is 0. The number of fused-ring (bicyclic) bond motifs is 2. The van der Waals surface area contributed by atoms with E-state index in [1.165, 1.54) is 0 Å². The Morgan fingerprint density at radius 2 is 1.90 bits per heavy atom. The summed E-state index contributed by atoms with van der Waals surface area (Å²) >= 11 is 0. The molecule has 7 nitrogen and oxygen atoms in total. The van der Waals surface area contributed by atoms with Crippen LogP contribution in [0.2, 0.25) is 0 Å². The summed E-state index contributed by atoms with van der Waals surface area (Å²) in [6.45, 7) is 4.64. The lowest BCUT2D eigenvalue weighted by Crippen LogP contribution is -2.47. The number of carbonyl (C=O) groups excluding carboxylic acids is 1. The van der Waals surface area contributed by atoms with Crippen LogP contribution in [0.15, 0.2) is 49.1 Å². The number of nitrogens with zero attached hydrogens (tertiary/aromatic N) is 5. The second-order valence-corrected chi connectivity index (χ2v) is 8.14. The van der Waals surface area contributed by atoms with E-state index >= 15 is 0 Å². The topological polar surface area (TPSA) is 81.1 Å². The fourth-order valence-corrected chi connectivity index (χ4v) is 4.51. The van der Waals surface area contributed by atoms with Crippen molar-refractivity contribution < 1.29 is 9.53 Å². The predicted octanol–water partition coefficient (Wildman–Crippen LogP) is 3.23. The molecule has 2 fully saturated rings. The van der Waals surface area contributed by atoms with Crippen molar-refractivity contribution in [2.24, 2.45) is 5.92 Å². The minimum absolute atomic E-state index is 0.0384. The summed E-state index contributed by atoms with van der Waals surface area (Å²) in [5, 5.41) is 0. The number of piperidine rings is 1. The predicted molar refractivity (Wildman–Crippen MR) is 111 cm³/mol. The van der Waals surface area contributed by atoms with Gasteiger partial charge in [-0.25, -0.2) is 15.0 Å². The lowest BCUT2D eigenvalue weighted by molar-refractivity contribution is 0.0466. The van der Waals surface area contributed by atoms with Crippen molar-refractivity contribution in [1.29, 1.82) is 0 Å². The van der Waals surface area contributed by atoms with Gasteiger partial charge in [-0.1, -0.05) is 6.07 Å². The second kappa shape index (κ2) is 7.48. The van der Waals surface area contributed by atoms with Gasteiger partial charge in [-0.05, 0) is 50.3 Å². The number of ether oxygens (including phenoxy) is 1. The van der Waals surface area contributed by atoms with Gasteiger partial charge in [0.05, 0.1) is 11.6 Å². The molecule has 0 radical (unpaired) electrons. The quantitative estimate of drug-likeness (QED) is 0.668. The number of aromatic nitrogens is 4. The fraction of sp³-hybridized carbons (Fsp3) is 0.348. The van der Waals surface area contributed by atoms with E-state index in [9.17, 15) is 4.79 Å². The van der Waals surface area contributed by atoms with Crippen LogP contribution in [0.1, 0.15) is 34.5 Å². The zero-order valence-electron chi connectivity index (χ0n) is 17.0. The third-order valence-electron chi connectivity index (χ3n) is 5.92. The van der Waals surface area contributed by atoms with Crippen LogP contribution in [0.4, 0.5) is 0 Å². The molecule has 1 aliphatic heterocycles. The molecule has 2 aliphatic rings. The molecule has 0 aromatic carbocycles. The molecular formula is C23H23N5O2. The van der Waals surface area contributed by atoms with Gasteiger partial charge in [0.15, 0.2) is 5.82 Å². The summed E-state index contributed by atoms with van der Waals surface area (Å²) in [6.07, 6.45) is 8.68. The van der Waals surface area contributed by atoms with Gasteiger partial charge in [-0.3, -0.25) is 9.78 Å². The summed E-state index contributed by atoms with van der Waals surface area (Å²) < 4.78 is 6.17. The molecule has 3 aromatic heterocycles. The van der Waals surface area contributed by atoms with Crippen LogP contribution >= 0.6 is 0 Å². The van der Waals surface area contributed by atoms with Crippen LogP contribution < -0.4 is 4.74 Å². The van der Waals surface area contributed by atoms with Crippen LogP contribution in [0.3, 0.4) is 0 Å². The first-order valence-corrected chi connectivity index (χ1v) is 10.2. The van der Waals surface area contributed by atoms with E-state index in [-0.39, 0.29) is 18.1 Å². The van der Waals surface area contributed by atoms with E-state index in [4.69, 9.17) is 4.74 Å². The lowest BCUT2D eigenvalue weighted by atomic mass is 10.0. The van der Waals surface area contributed by atoms with Crippen LogP contribution in [0.5, 0.6) is 5.88 Å². The summed E-state index contributed by atoms with van der Waals surface area (Å²) in [6, 6.07) is 7.56. The summed E-state index contributed by atoms with van der Waals surface area (Å²) in [5.74, 6) is 1.56. The van der Waals surface area contributed by atoms with E-state index in [2.05, 4.69) is 19.9 Å². The number of aryl methyl sites for hydroxylation is 2. The molecule has 1 saturated heterocycles. The first kappa shape index (κ1) is 18.7. The van der Waals surface area contributed by atoms with Gasteiger partial charge in [-0.15, -0.1) is 0 Å². The Morgan fingerprint density at radius 3 is 2.63 bits per heavy atom. The highest BCUT2D eigenvalue weighted by Gasteiger charge is 2.48. The third kappa shape index (κ3) is 3.40. The van der Waals surface area contributed by atoms with Crippen molar-refractivity contribution in [3.8, 4) is 17.3 Å². The Hall–Kier alpha value is -3.35. The van der Waals surface area contributed by atoms with Crippen molar-refractivity contribution in [2.45, 2.75) is 38.8 Å². The average molecular weight is 401 g/mol. The number of carbonyl (C=O) groups is 1. The van der Waals surface area contributed by atoms with Gasteiger partial charge in [0.1, 0.15) is 6.10 Å². The molecule has 1 amide bonds. The Labute approximate surface area is 175 Å². The van der Waals surface area contributed by atoms with E-state index < -0.39 is 0 Å². The van der Waals surface area contributed by atoms with Crippen LogP contribution in [-0.2, 0) is 0 Å². The van der Waals surface area contributed by atoms with E-state index in [1.54, 1.807) is 30.9 Å². The monoisotopic (exact) mass is 401 g/mol. The smallest absolute Gasteiger partial charge is 0.256 e. The van der Waals surface area contributed by atoms with Gasteiger partial charge in [-0.2, -0.15) is 0 Å². The van der Waals surface area contributed by atoms with Crippen molar-refractivity contribution >= 4 is 5.91 Å². The number of rotatable bonds is 4. The Bertz CT molecular complexity index is 1070. The minimum atomic E-state index is -0.0438. The Kier molecular flexibility index (Phi) is 4.65. The molecule has 3 unspecified atom stereocenters. The van der Waals surface area contributed by atoms with Crippen molar-refractivity contribution in [2.75, 3.05) is 6.54 Å². The molecule has 7 heteroatoms. The van der Waals surface area contributed by atoms with Gasteiger partial charge in [0.25, 0.3) is 5.91 Å². The first-order chi connectivity index (χ1) is 14.6. The molecule has 1 saturated carbocycles. The zero-order chi connectivity index (χ0) is 20.7. The summed E-state index contributed by atoms with van der Waals surface area (Å²) in [4.78, 5) is 32.9. The second-order valence-electron chi connectivity index (χ2n) is 8.14. The maximum absolute atomic E-state index is 13.5. The SMILES string of the molecule is Cc1ccc(OC2CC3CC2N(C(=O)c2cnc(C)cc2-c2ncccn2)C3)nc1. The molecular weight excluding hydrogens is 378 g/mol. The largest absolute Gasteiger partial charge is 0.472 e. The number of hydrogen-bond acceptors (Lipinski definition) is 6. The molecule has 2 bridgehead atoms. The normalized spacial score (nSPS) is 22.3. The number of likely N-dealkylation sites (tertiary alicyclic amines) is 1. The molecule has 4 heterocycles. The third-order valence-corrected chi connectivity index (χ3v) is 5.92. The van der Waals surface area contributed by atoms with Gasteiger partial charge < -0.3 is 9.64 Å². The van der Waals surface area contributed by atoms with Crippen molar-refractivity contribution in [3.63, 3.8) is 0 Å². The van der Waals surface area contributed by atoms with E-state index in [0.717, 1.165) is 30.6 Å². The van der Waals surface area contributed by atoms with Crippen LogP contribution in [0, 0.1) is 19.8 Å². The molecule has 1 aliphatic carbocycles. The fourth-order valence-electron chi connectivity index (χ4n) is 4.51. The first-order valence-electron chi connectivity index (χ1n) is 10.2. The maximum atomic E-state index is 13.5. The molecule has 0 N–H and O–H groups in total. The van der Waals surface area contributed by atoms with Crippen LogP contribution in [-0.4, -0.2) is 49.4 Å². The standard InChI is InChI=1S/C23H23N5O2/c1-14-4-5-21(27-11-14)30-20-10-16-9-19(20)28(13-16)23(29)18-12-26-15(2)8-17(18)22-24-6-3-7-25-22/h3-8,11-12,16,19-20H,9-10,13H2,1-2H3. The van der Waals surface area contributed by atoms with Gasteiger partial charge >= 0.3 is 0 Å². The van der Waals surface area contributed by atoms with E-state index in [1.807, 2.05) is 36.9 Å². The van der Waals surface area contributed by atoms with Crippen LogP contribution in [0.25, 0.3) is 11.4 Å². The molecule has 0 spiro atoms. The van der Waals surface area contributed by atoms with Crippen molar-refractivity contribution in [3.05, 3.63) is 65.9 Å². The number of pyridine rings is 2. The lowest BCUT2D eigenvalue weighted by Gasteiger charge is -2.33. The molecule has 30 heavy (non-hydrogen) atoms. The number of hydrogen-bond donors (Lipinski definition) is 0. The molecule has 3 atom stereocenters. The Morgan fingerprint density at radius 1 is 1.07 bits per heavy atom. The highest BCUT2D eigenvalue weighted by atomic mass is 16.5. The highest BCUT2D eigenvalue weighted by Crippen LogP contribution is 2.40. The molecule has 5 rings (SSSR count). The molecule has 3 aromatic rings. The summed E-state index contributed by atoms with van der Waals surface area (Å²) in [5.41, 5.74) is 3.17. The average Bonchev–Trinajstić information content (AvgIpc) is 3.36. The number of amides is 1. The van der Waals surface area contributed by atoms with Gasteiger partial charge in [0.2, 0.25) is 5.88 Å². The Balaban J connectivity index is 1.41. The van der Waals surface area contributed by atoms with Gasteiger partial charge in [0, 0.05) is 48.7 Å². The zero-order valence-corrected chi connectivity index (χ0v) is 17.0. The molecule has 152 valence electrons. The maximum Gasteiger partial charge on any atom is 0.256 e.